The van der Waals surface area contributed by atoms with Crippen molar-refractivity contribution in [2.75, 3.05) is 7.11 Å². The molecule has 0 radical (unpaired) electrons. The lowest BCUT2D eigenvalue weighted by atomic mass is 10.2. The highest BCUT2D eigenvalue weighted by molar-refractivity contribution is 6.30. The molecule has 0 aliphatic carbocycles. The minimum absolute atomic E-state index is 0.0107. The number of halogens is 1. The van der Waals surface area contributed by atoms with Crippen LogP contribution in [0.1, 0.15) is 5.69 Å². The SMILES string of the molecule is COC(=O)Cn1c(C)cc(=O)n2cc(-c3ccc(Cl)cc3)nc12. The van der Waals surface area contributed by atoms with Gasteiger partial charge in [-0.1, -0.05) is 23.7 Å². The molecule has 7 heteroatoms. The summed E-state index contributed by atoms with van der Waals surface area (Å²) in [6.07, 6.45) is 1.65. The summed E-state index contributed by atoms with van der Waals surface area (Å²) in [4.78, 5) is 28.3. The smallest absolute Gasteiger partial charge is 0.325 e. The number of nitrogens with zero attached hydrogens (tertiary/aromatic N) is 3. The van der Waals surface area contributed by atoms with Crippen LogP contribution in [0.2, 0.25) is 5.02 Å². The first-order chi connectivity index (χ1) is 11.0. The summed E-state index contributed by atoms with van der Waals surface area (Å²) in [6.45, 7) is 1.74. The summed E-state index contributed by atoms with van der Waals surface area (Å²) in [5, 5.41) is 0.624. The Kier molecular flexibility index (Phi) is 3.92. The van der Waals surface area contributed by atoms with Crippen molar-refractivity contribution in [1.29, 1.82) is 0 Å². The van der Waals surface area contributed by atoms with Gasteiger partial charge in [0.2, 0.25) is 5.78 Å². The second-order valence-corrected chi connectivity index (χ2v) is 5.53. The van der Waals surface area contributed by atoms with Gasteiger partial charge >= 0.3 is 5.97 Å². The van der Waals surface area contributed by atoms with E-state index in [2.05, 4.69) is 4.98 Å². The topological polar surface area (TPSA) is 65.6 Å². The number of hydrogen-bond acceptors (Lipinski definition) is 4. The molecule has 1 aromatic carbocycles. The molecule has 0 fully saturated rings. The molecule has 2 aromatic heterocycles. The quantitative estimate of drug-likeness (QED) is 0.691. The fraction of sp³-hybridized carbons (Fsp3) is 0.188. The second-order valence-electron chi connectivity index (χ2n) is 5.09. The third-order valence-corrected chi connectivity index (χ3v) is 3.83. The Labute approximate surface area is 136 Å². The first-order valence-corrected chi connectivity index (χ1v) is 7.29. The maximum absolute atomic E-state index is 12.2. The molecule has 3 rings (SSSR count). The highest BCUT2D eigenvalue weighted by Gasteiger charge is 2.14. The number of methoxy groups -OCH3 is 1. The van der Waals surface area contributed by atoms with E-state index in [1.807, 2.05) is 12.1 Å². The highest BCUT2D eigenvalue weighted by atomic mass is 35.5. The van der Waals surface area contributed by atoms with E-state index in [-0.39, 0.29) is 12.1 Å². The van der Waals surface area contributed by atoms with Crippen LogP contribution in [-0.4, -0.2) is 27.0 Å². The molecule has 0 saturated heterocycles. The number of fused-ring (bicyclic) bond motifs is 1. The number of aromatic nitrogens is 3. The van der Waals surface area contributed by atoms with Crippen molar-refractivity contribution in [3.8, 4) is 11.3 Å². The van der Waals surface area contributed by atoms with E-state index in [9.17, 15) is 9.59 Å². The Morgan fingerprint density at radius 3 is 2.65 bits per heavy atom. The van der Waals surface area contributed by atoms with Crippen molar-refractivity contribution in [3.05, 3.63) is 57.6 Å². The van der Waals surface area contributed by atoms with Crippen molar-refractivity contribution < 1.29 is 9.53 Å². The van der Waals surface area contributed by atoms with E-state index in [1.54, 1.807) is 29.8 Å². The van der Waals surface area contributed by atoms with Crippen LogP contribution in [-0.2, 0) is 16.1 Å². The Morgan fingerprint density at radius 2 is 2.00 bits per heavy atom. The summed E-state index contributed by atoms with van der Waals surface area (Å²) in [7, 11) is 1.32. The van der Waals surface area contributed by atoms with Crippen LogP contribution in [0.4, 0.5) is 0 Å². The number of carbonyl (C=O) groups excluding carboxylic acids is 1. The number of hydrogen-bond donors (Lipinski definition) is 0. The fourth-order valence-corrected chi connectivity index (χ4v) is 2.48. The fourth-order valence-electron chi connectivity index (χ4n) is 2.36. The van der Waals surface area contributed by atoms with Crippen LogP contribution >= 0.6 is 11.6 Å². The minimum Gasteiger partial charge on any atom is -0.468 e. The number of carbonyl (C=O) groups is 1. The van der Waals surface area contributed by atoms with Crippen molar-refractivity contribution in [3.63, 3.8) is 0 Å². The van der Waals surface area contributed by atoms with Gasteiger partial charge in [-0.15, -0.1) is 0 Å². The molecule has 0 spiro atoms. The average Bonchev–Trinajstić information content (AvgIpc) is 2.97. The van der Waals surface area contributed by atoms with E-state index in [0.717, 1.165) is 5.56 Å². The van der Waals surface area contributed by atoms with Crippen molar-refractivity contribution in [2.45, 2.75) is 13.5 Å². The van der Waals surface area contributed by atoms with Crippen LogP contribution < -0.4 is 5.56 Å². The molecule has 23 heavy (non-hydrogen) atoms. The first-order valence-electron chi connectivity index (χ1n) is 6.92. The lowest BCUT2D eigenvalue weighted by Gasteiger charge is -2.10. The molecule has 0 atom stereocenters. The normalized spacial score (nSPS) is 10.9. The Bertz CT molecular complexity index is 942. The zero-order valence-corrected chi connectivity index (χ0v) is 13.4. The lowest BCUT2D eigenvalue weighted by molar-refractivity contribution is -0.141. The second kappa shape index (κ2) is 5.89. The molecule has 0 aliphatic heterocycles. The maximum atomic E-state index is 12.2. The Morgan fingerprint density at radius 1 is 1.30 bits per heavy atom. The number of rotatable bonds is 3. The van der Waals surface area contributed by atoms with E-state index < -0.39 is 5.97 Å². The number of ether oxygens (including phenoxy) is 1. The standard InChI is InChI=1S/C16H14ClN3O3/c1-10-7-14(21)20-8-13(11-3-5-12(17)6-4-11)18-16(20)19(10)9-15(22)23-2/h3-8H,9H2,1-2H3. The first kappa shape index (κ1) is 15.3. The molecule has 3 aromatic rings. The van der Waals surface area contributed by atoms with Crippen molar-refractivity contribution in [1.82, 2.24) is 14.0 Å². The summed E-state index contributed by atoms with van der Waals surface area (Å²) < 4.78 is 7.77. The van der Waals surface area contributed by atoms with E-state index in [1.165, 1.54) is 17.6 Å². The van der Waals surface area contributed by atoms with Crippen LogP contribution in [0, 0.1) is 6.92 Å². The molecule has 0 unspecified atom stereocenters. The molecule has 2 heterocycles. The molecule has 0 bridgehead atoms. The van der Waals surface area contributed by atoms with Crippen molar-refractivity contribution in [2.24, 2.45) is 0 Å². The van der Waals surface area contributed by atoms with E-state index in [0.29, 0.717) is 22.2 Å². The highest BCUT2D eigenvalue weighted by Crippen LogP contribution is 2.21. The van der Waals surface area contributed by atoms with Crippen LogP contribution in [0.25, 0.3) is 17.0 Å². The van der Waals surface area contributed by atoms with Gasteiger partial charge in [-0.3, -0.25) is 14.0 Å². The van der Waals surface area contributed by atoms with Gasteiger partial charge in [0.15, 0.2) is 0 Å². The molecular weight excluding hydrogens is 318 g/mol. The summed E-state index contributed by atoms with van der Waals surface area (Å²) >= 11 is 5.89. The number of imidazole rings is 1. The minimum atomic E-state index is -0.408. The Hall–Kier alpha value is -2.60. The molecule has 0 saturated carbocycles. The zero-order valence-electron chi connectivity index (χ0n) is 12.6. The van der Waals surface area contributed by atoms with Gasteiger partial charge in [0.05, 0.1) is 12.8 Å². The largest absolute Gasteiger partial charge is 0.468 e. The monoisotopic (exact) mass is 331 g/mol. The Balaban J connectivity index is 2.19. The van der Waals surface area contributed by atoms with Crippen LogP contribution in [0.5, 0.6) is 0 Å². The maximum Gasteiger partial charge on any atom is 0.325 e. The molecular formula is C16H14ClN3O3. The number of aryl methyl sites for hydroxylation is 1. The van der Waals surface area contributed by atoms with Crippen LogP contribution in [0.15, 0.2) is 41.3 Å². The molecule has 0 N–H and O–H groups in total. The van der Waals surface area contributed by atoms with E-state index in [4.69, 9.17) is 16.3 Å². The molecule has 0 aliphatic rings. The van der Waals surface area contributed by atoms with Gasteiger partial charge in [0, 0.05) is 28.5 Å². The van der Waals surface area contributed by atoms with E-state index >= 15 is 0 Å². The summed E-state index contributed by atoms with van der Waals surface area (Å²) in [5.74, 6) is -0.0139. The van der Waals surface area contributed by atoms with Gasteiger partial charge in [0.1, 0.15) is 6.54 Å². The summed E-state index contributed by atoms with van der Waals surface area (Å²) in [5.41, 5.74) is 1.90. The zero-order chi connectivity index (χ0) is 16.6. The van der Waals surface area contributed by atoms with Gasteiger partial charge in [-0.25, -0.2) is 4.98 Å². The van der Waals surface area contributed by atoms with Crippen molar-refractivity contribution >= 4 is 23.3 Å². The molecule has 0 amide bonds. The molecule has 6 nitrogen and oxygen atoms in total. The predicted octanol–water partition coefficient (Wildman–Crippen LogP) is 2.30. The number of esters is 1. The lowest BCUT2D eigenvalue weighted by Crippen LogP contribution is -2.22. The van der Waals surface area contributed by atoms with Gasteiger partial charge < -0.3 is 9.30 Å². The third kappa shape index (κ3) is 2.85. The predicted molar refractivity (Wildman–Crippen MR) is 86.7 cm³/mol. The number of benzene rings is 1. The third-order valence-electron chi connectivity index (χ3n) is 3.58. The summed E-state index contributed by atoms with van der Waals surface area (Å²) in [6, 6.07) is 8.63. The van der Waals surface area contributed by atoms with Gasteiger partial charge in [0.25, 0.3) is 5.56 Å². The van der Waals surface area contributed by atoms with Gasteiger partial charge in [-0.2, -0.15) is 0 Å². The van der Waals surface area contributed by atoms with Crippen LogP contribution in [0.3, 0.4) is 0 Å². The van der Waals surface area contributed by atoms with Gasteiger partial charge in [-0.05, 0) is 19.1 Å². The average molecular weight is 332 g/mol. The molecule has 118 valence electrons.